The van der Waals surface area contributed by atoms with Gasteiger partial charge >= 0.3 is 0 Å². The quantitative estimate of drug-likeness (QED) is 0.902. The van der Waals surface area contributed by atoms with Crippen LogP contribution in [-0.4, -0.2) is 11.7 Å². The first-order valence-corrected chi connectivity index (χ1v) is 7.48. The summed E-state index contributed by atoms with van der Waals surface area (Å²) >= 11 is 5.13. The lowest BCUT2D eigenvalue weighted by atomic mass is 9.93. The van der Waals surface area contributed by atoms with Crippen LogP contribution in [0.3, 0.4) is 0 Å². The lowest BCUT2D eigenvalue weighted by Crippen LogP contribution is -2.19. The molecule has 0 spiro atoms. The van der Waals surface area contributed by atoms with Crippen molar-refractivity contribution in [1.29, 1.82) is 0 Å². The monoisotopic (exact) mass is 325 g/mol. The molecule has 0 bridgehead atoms. The van der Waals surface area contributed by atoms with Crippen molar-refractivity contribution in [3.8, 4) is 0 Å². The highest BCUT2D eigenvalue weighted by molar-refractivity contribution is 9.10. The molecule has 96 valence electrons. The average molecular weight is 326 g/mol. The van der Waals surface area contributed by atoms with E-state index < -0.39 is 6.10 Å². The van der Waals surface area contributed by atoms with Gasteiger partial charge < -0.3 is 10.8 Å². The number of thiophene rings is 1. The minimum Gasteiger partial charge on any atom is -0.388 e. The van der Waals surface area contributed by atoms with Crippen LogP contribution in [0.15, 0.2) is 40.2 Å². The van der Waals surface area contributed by atoms with Crippen LogP contribution in [0, 0.1) is 6.92 Å². The van der Waals surface area contributed by atoms with Gasteiger partial charge in [0.1, 0.15) is 0 Å². The predicted octanol–water partition coefficient (Wildman–Crippen LogP) is 3.59. The standard InChI is InChI=1S/C14H16BrNOS/c1-9-4-5-12(15)10(7-9)14(17)11(8-16)13-3-2-6-18-13/h2-7,11,14,17H,8,16H2,1H3. The lowest BCUT2D eigenvalue weighted by Gasteiger charge is -2.22. The second kappa shape index (κ2) is 5.97. The number of aryl methyl sites for hydroxylation is 1. The van der Waals surface area contributed by atoms with Crippen LogP contribution in [0.2, 0.25) is 0 Å². The molecule has 0 radical (unpaired) electrons. The summed E-state index contributed by atoms with van der Waals surface area (Å²) in [4.78, 5) is 1.12. The van der Waals surface area contributed by atoms with Crippen LogP contribution in [0.4, 0.5) is 0 Å². The number of hydrogen-bond donors (Lipinski definition) is 2. The van der Waals surface area contributed by atoms with Crippen LogP contribution in [-0.2, 0) is 0 Å². The second-order valence-electron chi connectivity index (χ2n) is 4.33. The number of rotatable bonds is 4. The van der Waals surface area contributed by atoms with Gasteiger partial charge in [-0.3, -0.25) is 0 Å². The van der Waals surface area contributed by atoms with Crippen molar-refractivity contribution in [2.75, 3.05) is 6.54 Å². The first-order chi connectivity index (χ1) is 8.63. The summed E-state index contributed by atoms with van der Waals surface area (Å²) in [5, 5.41) is 12.6. The van der Waals surface area contributed by atoms with Crippen molar-refractivity contribution in [2.45, 2.75) is 18.9 Å². The van der Waals surface area contributed by atoms with E-state index in [1.807, 2.05) is 42.6 Å². The van der Waals surface area contributed by atoms with Crippen molar-refractivity contribution >= 4 is 27.3 Å². The molecule has 1 heterocycles. The van der Waals surface area contributed by atoms with Crippen LogP contribution in [0.25, 0.3) is 0 Å². The molecule has 1 aromatic heterocycles. The first-order valence-electron chi connectivity index (χ1n) is 5.81. The Hall–Kier alpha value is -0.680. The Morgan fingerprint density at radius 2 is 2.17 bits per heavy atom. The van der Waals surface area contributed by atoms with E-state index in [4.69, 9.17) is 5.73 Å². The minimum atomic E-state index is -0.581. The third-order valence-corrected chi connectivity index (χ3v) is 4.74. The first kappa shape index (κ1) is 13.7. The molecule has 1 aromatic carbocycles. The number of aliphatic hydroxyl groups is 1. The van der Waals surface area contributed by atoms with E-state index in [9.17, 15) is 5.11 Å². The molecule has 2 rings (SSSR count). The fourth-order valence-electron chi connectivity index (χ4n) is 2.01. The SMILES string of the molecule is Cc1ccc(Br)c(C(O)C(CN)c2cccs2)c1. The molecule has 0 aliphatic rings. The highest BCUT2D eigenvalue weighted by Gasteiger charge is 2.24. The fourth-order valence-corrected chi connectivity index (χ4v) is 3.36. The normalized spacial score (nSPS) is 14.4. The maximum Gasteiger partial charge on any atom is 0.0889 e. The van der Waals surface area contributed by atoms with E-state index in [2.05, 4.69) is 15.9 Å². The number of hydrogen-bond acceptors (Lipinski definition) is 3. The van der Waals surface area contributed by atoms with Crippen LogP contribution < -0.4 is 5.73 Å². The van der Waals surface area contributed by atoms with Crippen molar-refractivity contribution < 1.29 is 5.11 Å². The number of halogens is 1. The van der Waals surface area contributed by atoms with Gasteiger partial charge in [-0.1, -0.05) is 39.7 Å². The summed E-state index contributed by atoms with van der Waals surface area (Å²) in [7, 11) is 0. The summed E-state index contributed by atoms with van der Waals surface area (Å²) in [5.41, 5.74) is 7.86. The van der Waals surface area contributed by atoms with Gasteiger partial charge in [-0.15, -0.1) is 11.3 Å². The Morgan fingerprint density at radius 1 is 1.39 bits per heavy atom. The van der Waals surface area contributed by atoms with Crippen molar-refractivity contribution in [2.24, 2.45) is 5.73 Å². The summed E-state index contributed by atoms with van der Waals surface area (Å²) in [6.45, 7) is 2.45. The zero-order chi connectivity index (χ0) is 13.1. The van der Waals surface area contributed by atoms with Gasteiger partial charge in [0.05, 0.1) is 6.10 Å². The Bertz CT molecular complexity index is 513. The van der Waals surface area contributed by atoms with E-state index in [0.29, 0.717) is 6.54 Å². The zero-order valence-electron chi connectivity index (χ0n) is 10.1. The fraction of sp³-hybridized carbons (Fsp3) is 0.286. The third-order valence-electron chi connectivity index (χ3n) is 3.01. The van der Waals surface area contributed by atoms with Crippen LogP contribution >= 0.6 is 27.3 Å². The van der Waals surface area contributed by atoms with E-state index >= 15 is 0 Å². The smallest absolute Gasteiger partial charge is 0.0889 e. The Labute approximate surface area is 120 Å². The molecule has 0 aliphatic carbocycles. The molecule has 0 amide bonds. The highest BCUT2D eigenvalue weighted by Crippen LogP contribution is 2.36. The molecular formula is C14H16BrNOS. The van der Waals surface area contributed by atoms with Crippen molar-refractivity contribution in [1.82, 2.24) is 0 Å². The number of benzene rings is 1. The second-order valence-corrected chi connectivity index (χ2v) is 6.16. The topological polar surface area (TPSA) is 46.2 Å². The largest absolute Gasteiger partial charge is 0.388 e. The van der Waals surface area contributed by atoms with Crippen molar-refractivity contribution in [3.05, 3.63) is 56.2 Å². The summed E-state index contributed by atoms with van der Waals surface area (Å²) < 4.78 is 0.926. The zero-order valence-corrected chi connectivity index (χ0v) is 12.5. The number of aliphatic hydroxyl groups excluding tert-OH is 1. The molecule has 0 aliphatic heterocycles. The molecule has 0 saturated heterocycles. The molecule has 2 unspecified atom stereocenters. The summed E-state index contributed by atoms with van der Waals surface area (Å²) in [6, 6.07) is 10.00. The Balaban J connectivity index is 2.34. The summed E-state index contributed by atoms with van der Waals surface area (Å²) in [5.74, 6) is -0.0527. The maximum atomic E-state index is 10.6. The number of nitrogens with two attached hydrogens (primary N) is 1. The van der Waals surface area contributed by atoms with Gasteiger partial charge in [-0.05, 0) is 30.0 Å². The van der Waals surface area contributed by atoms with Gasteiger partial charge in [0.2, 0.25) is 0 Å². The highest BCUT2D eigenvalue weighted by atomic mass is 79.9. The average Bonchev–Trinajstić information content (AvgIpc) is 2.87. The van der Waals surface area contributed by atoms with Crippen molar-refractivity contribution in [3.63, 3.8) is 0 Å². The molecule has 0 saturated carbocycles. The molecule has 2 nitrogen and oxygen atoms in total. The van der Waals surface area contributed by atoms with Gasteiger partial charge in [0, 0.05) is 21.8 Å². The molecule has 3 N–H and O–H groups in total. The van der Waals surface area contributed by atoms with E-state index in [1.54, 1.807) is 11.3 Å². The Morgan fingerprint density at radius 3 is 2.78 bits per heavy atom. The molecule has 4 heteroatoms. The van der Waals surface area contributed by atoms with E-state index in [1.165, 1.54) is 0 Å². The van der Waals surface area contributed by atoms with E-state index in [-0.39, 0.29) is 5.92 Å². The predicted molar refractivity (Wildman–Crippen MR) is 80.0 cm³/mol. The van der Waals surface area contributed by atoms with Gasteiger partial charge in [-0.25, -0.2) is 0 Å². The molecule has 18 heavy (non-hydrogen) atoms. The molecule has 2 atom stereocenters. The van der Waals surface area contributed by atoms with Crippen LogP contribution in [0.1, 0.15) is 28.0 Å². The molecular weight excluding hydrogens is 310 g/mol. The van der Waals surface area contributed by atoms with Crippen LogP contribution in [0.5, 0.6) is 0 Å². The summed E-state index contributed by atoms with van der Waals surface area (Å²) in [6.07, 6.45) is -0.581. The van der Waals surface area contributed by atoms with Gasteiger partial charge in [0.15, 0.2) is 0 Å². The third kappa shape index (κ3) is 2.83. The lowest BCUT2D eigenvalue weighted by molar-refractivity contribution is 0.148. The van der Waals surface area contributed by atoms with E-state index in [0.717, 1.165) is 20.5 Å². The maximum absolute atomic E-state index is 10.6. The molecule has 2 aromatic rings. The minimum absolute atomic E-state index is 0.0527. The Kier molecular flexibility index (Phi) is 4.56. The van der Waals surface area contributed by atoms with Gasteiger partial charge in [-0.2, -0.15) is 0 Å². The van der Waals surface area contributed by atoms with Gasteiger partial charge in [0.25, 0.3) is 0 Å². The molecule has 0 fully saturated rings.